The molecule has 0 aliphatic heterocycles. The third-order valence-electron chi connectivity index (χ3n) is 4.71. The minimum atomic E-state index is -2.11. The van der Waals surface area contributed by atoms with Crippen LogP contribution in [0.5, 0.6) is 0 Å². The maximum atomic E-state index is 6.62. The molecule has 1 nitrogen and oxygen atoms in total. The van der Waals surface area contributed by atoms with E-state index in [9.17, 15) is 0 Å². The molecule has 0 aromatic heterocycles. The van der Waals surface area contributed by atoms with Gasteiger partial charge in [-0.3, -0.25) is 0 Å². The van der Waals surface area contributed by atoms with Gasteiger partial charge in [-0.1, -0.05) is 86.3 Å². The van der Waals surface area contributed by atoms with E-state index < -0.39 is 8.32 Å². The lowest BCUT2D eigenvalue weighted by atomic mass is 10.3. The second kappa shape index (κ2) is 6.59. The molecule has 0 N–H and O–H groups in total. The topological polar surface area (TPSA) is 9.23 Å². The van der Waals surface area contributed by atoms with Crippen LogP contribution in [0.3, 0.4) is 0 Å². The molecule has 3 rings (SSSR count). The van der Waals surface area contributed by atoms with E-state index in [-0.39, 0.29) is 0 Å². The van der Waals surface area contributed by atoms with Gasteiger partial charge in [0.1, 0.15) is 0 Å². The summed E-state index contributed by atoms with van der Waals surface area (Å²) in [5, 5.41) is 2.87. The molecule has 0 unspecified atom stereocenters. The van der Waals surface area contributed by atoms with Gasteiger partial charge < -0.3 is 4.43 Å². The fourth-order valence-corrected chi connectivity index (χ4v) is 8.75. The first-order valence-corrected chi connectivity index (χ1v) is 10.1. The average molecular weight is 296 g/mol. The normalized spacial score (nSPS) is 16.2. The lowest BCUT2D eigenvalue weighted by molar-refractivity contribution is 0.329. The van der Waals surface area contributed by atoms with Gasteiger partial charge in [0.15, 0.2) is 0 Å². The van der Waals surface area contributed by atoms with Crippen LogP contribution in [0.2, 0.25) is 5.54 Å². The van der Waals surface area contributed by atoms with Crippen molar-refractivity contribution in [2.45, 2.75) is 38.1 Å². The minimum absolute atomic E-state index is 0.710. The van der Waals surface area contributed by atoms with Crippen molar-refractivity contribution in [2.24, 2.45) is 0 Å². The van der Waals surface area contributed by atoms with Crippen molar-refractivity contribution >= 4 is 18.7 Å². The highest BCUT2D eigenvalue weighted by Crippen LogP contribution is 2.38. The van der Waals surface area contributed by atoms with Gasteiger partial charge in [-0.05, 0) is 22.8 Å². The summed E-state index contributed by atoms with van der Waals surface area (Å²) in [6, 6.07) is 22.0. The first kappa shape index (κ1) is 14.5. The quantitative estimate of drug-likeness (QED) is 0.764. The Morgan fingerprint density at radius 3 is 1.76 bits per heavy atom. The van der Waals surface area contributed by atoms with Gasteiger partial charge in [0.2, 0.25) is 0 Å². The molecule has 0 bridgehead atoms. The fourth-order valence-electron chi connectivity index (χ4n) is 3.85. The van der Waals surface area contributed by atoms with E-state index in [1.165, 1.54) is 36.1 Å². The van der Waals surface area contributed by atoms with Crippen molar-refractivity contribution in [1.82, 2.24) is 0 Å². The van der Waals surface area contributed by atoms with Gasteiger partial charge in [0.05, 0.1) is 0 Å². The van der Waals surface area contributed by atoms with Gasteiger partial charge >= 0.3 is 0 Å². The molecule has 0 atom stereocenters. The Labute approximate surface area is 129 Å². The van der Waals surface area contributed by atoms with Crippen LogP contribution in [0.25, 0.3) is 0 Å². The molecule has 110 valence electrons. The van der Waals surface area contributed by atoms with Gasteiger partial charge in [-0.15, -0.1) is 0 Å². The largest absolute Gasteiger partial charge is 0.408 e. The molecule has 2 heteroatoms. The summed E-state index contributed by atoms with van der Waals surface area (Å²) in [6.45, 7) is 2.94. The zero-order valence-corrected chi connectivity index (χ0v) is 13.8. The monoisotopic (exact) mass is 296 g/mol. The summed E-state index contributed by atoms with van der Waals surface area (Å²) >= 11 is 0. The molecule has 2 aromatic rings. The van der Waals surface area contributed by atoms with Crippen molar-refractivity contribution in [3.05, 3.63) is 60.7 Å². The highest BCUT2D eigenvalue weighted by atomic mass is 28.4. The molecule has 0 radical (unpaired) electrons. The van der Waals surface area contributed by atoms with Crippen LogP contribution in [0.4, 0.5) is 0 Å². The van der Waals surface area contributed by atoms with Crippen molar-refractivity contribution in [3.63, 3.8) is 0 Å². The molecular weight excluding hydrogens is 272 g/mol. The molecule has 0 saturated heterocycles. The maximum Gasteiger partial charge on any atom is 0.258 e. The van der Waals surface area contributed by atoms with Gasteiger partial charge in [-0.25, -0.2) is 0 Å². The lowest BCUT2D eigenvalue weighted by Gasteiger charge is -2.37. The van der Waals surface area contributed by atoms with Gasteiger partial charge in [0, 0.05) is 6.61 Å². The Morgan fingerprint density at radius 2 is 1.33 bits per heavy atom. The molecule has 0 spiro atoms. The van der Waals surface area contributed by atoms with Crippen molar-refractivity contribution in [1.29, 1.82) is 0 Å². The van der Waals surface area contributed by atoms with Crippen molar-refractivity contribution < 1.29 is 4.43 Å². The van der Waals surface area contributed by atoms with Crippen LogP contribution >= 0.6 is 0 Å². The Bertz CT molecular complexity index is 507. The minimum Gasteiger partial charge on any atom is -0.408 e. The summed E-state index contributed by atoms with van der Waals surface area (Å²) in [6.07, 6.45) is 5.34. The summed E-state index contributed by atoms with van der Waals surface area (Å²) in [5.74, 6) is 0. The van der Waals surface area contributed by atoms with E-state index in [0.29, 0.717) is 5.54 Å². The highest BCUT2D eigenvalue weighted by Gasteiger charge is 2.47. The summed E-state index contributed by atoms with van der Waals surface area (Å²) in [5.41, 5.74) is 0.710. The zero-order valence-electron chi connectivity index (χ0n) is 12.8. The Hall–Kier alpha value is -1.38. The third kappa shape index (κ3) is 2.70. The van der Waals surface area contributed by atoms with E-state index in [0.717, 1.165) is 6.61 Å². The SMILES string of the molecule is CCO[Si](c1ccccc1)(c1ccccc1)C1CCCC1. The molecular formula is C19H24OSi. The maximum absolute atomic E-state index is 6.62. The van der Waals surface area contributed by atoms with E-state index in [2.05, 4.69) is 67.6 Å². The lowest BCUT2D eigenvalue weighted by Crippen LogP contribution is -2.63. The van der Waals surface area contributed by atoms with Crippen LogP contribution in [0, 0.1) is 0 Å². The highest BCUT2D eigenvalue weighted by molar-refractivity contribution is 6.98. The first-order chi connectivity index (χ1) is 10.4. The fraction of sp³-hybridized carbons (Fsp3) is 0.368. The van der Waals surface area contributed by atoms with Crippen LogP contribution in [0.1, 0.15) is 32.6 Å². The third-order valence-corrected chi connectivity index (χ3v) is 9.56. The average Bonchev–Trinajstić information content (AvgIpc) is 3.09. The van der Waals surface area contributed by atoms with Crippen molar-refractivity contribution in [3.8, 4) is 0 Å². The number of rotatable bonds is 5. The molecule has 21 heavy (non-hydrogen) atoms. The van der Waals surface area contributed by atoms with E-state index in [1.54, 1.807) is 0 Å². The number of benzene rings is 2. The molecule has 0 heterocycles. The van der Waals surface area contributed by atoms with Crippen LogP contribution in [-0.2, 0) is 4.43 Å². The van der Waals surface area contributed by atoms with Gasteiger partial charge in [-0.2, -0.15) is 0 Å². The second-order valence-electron chi connectivity index (χ2n) is 5.88. The predicted molar refractivity (Wildman–Crippen MR) is 91.8 cm³/mol. The summed E-state index contributed by atoms with van der Waals surface area (Å²) in [7, 11) is -2.11. The molecule has 1 saturated carbocycles. The Kier molecular flexibility index (Phi) is 4.56. The molecule has 1 aliphatic carbocycles. The zero-order chi connectivity index (χ0) is 14.5. The Balaban J connectivity index is 2.15. The van der Waals surface area contributed by atoms with Gasteiger partial charge in [0.25, 0.3) is 8.32 Å². The smallest absolute Gasteiger partial charge is 0.258 e. The number of hydrogen-bond donors (Lipinski definition) is 0. The Morgan fingerprint density at radius 1 is 0.857 bits per heavy atom. The van der Waals surface area contributed by atoms with E-state index >= 15 is 0 Å². The van der Waals surface area contributed by atoms with E-state index in [4.69, 9.17) is 4.43 Å². The molecule has 0 amide bonds. The predicted octanol–water partition coefficient (Wildman–Crippen LogP) is 3.73. The standard InChI is InChI=1S/C19H24OSi/c1-2-20-21(19-15-9-10-16-19,17-11-5-3-6-12-17)18-13-7-4-8-14-18/h3-8,11-14,19H,2,9-10,15-16H2,1H3. The van der Waals surface area contributed by atoms with Crippen LogP contribution < -0.4 is 10.4 Å². The second-order valence-corrected chi connectivity index (χ2v) is 9.61. The van der Waals surface area contributed by atoms with Crippen molar-refractivity contribution in [2.75, 3.05) is 6.61 Å². The van der Waals surface area contributed by atoms with Crippen LogP contribution in [-0.4, -0.2) is 14.9 Å². The molecule has 2 aromatic carbocycles. The molecule has 1 fully saturated rings. The molecule has 1 aliphatic rings. The van der Waals surface area contributed by atoms with Crippen LogP contribution in [0.15, 0.2) is 60.7 Å². The first-order valence-electron chi connectivity index (χ1n) is 8.13. The summed E-state index contributed by atoms with van der Waals surface area (Å²) in [4.78, 5) is 0. The van der Waals surface area contributed by atoms with E-state index in [1.807, 2.05) is 0 Å². The number of hydrogen-bond acceptors (Lipinski definition) is 1. The summed E-state index contributed by atoms with van der Waals surface area (Å²) < 4.78 is 6.62.